The molecule has 6 rings (SSSR count). The van der Waals surface area contributed by atoms with E-state index in [0.717, 1.165) is 50.2 Å². The van der Waals surface area contributed by atoms with Crippen molar-refractivity contribution < 1.29 is 4.74 Å². The number of aromatic nitrogens is 2. The van der Waals surface area contributed by atoms with Crippen LogP contribution in [0.15, 0.2) is 36.4 Å². The van der Waals surface area contributed by atoms with E-state index in [1.54, 1.807) is 0 Å². The number of likely N-dealkylation sites (N-methyl/N-ethyl adjacent to an activating group) is 1. The minimum Gasteiger partial charge on any atom is -0.462 e. The van der Waals surface area contributed by atoms with Crippen LogP contribution in [0.4, 0.5) is 5.69 Å². The summed E-state index contributed by atoms with van der Waals surface area (Å²) in [4.78, 5) is 14.3. The van der Waals surface area contributed by atoms with E-state index in [4.69, 9.17) is 21.3 Å². The molecule has 1 atom stereocenters. The first kappa shape index (κ1) is 20.3. The maximum absolute atomic E-state index is 6.75. The van der Waals surface area contributed by atoms with Gasteiger partial charge in [-0.3, -0.25) is 0 Å². The van der Waals surface area contributed by atoms with Gasteiger partial charge in [0, 0.05) is 34.6 Å². The molecule has 0 bridgehead atoms. The molecule has 1 aliphatic carbocycles. The maximum atomic E-state index is 6.75. The third-order valence-corrected chi connectivity index (χ3v) is 7.92. The maximum Gasteiger partial charge on any atom is 0.318 e. The van der Waals surface area contributed by atoms with E-state index in [2.05, 4.69) is 65.2 Å². The summed E-state index contributed by atoms with van der Waals surface area (Å²) in [5.74, 6) is 0. The summed E-state index contributed by atoms with van der Waals surface area (Å²) in [6, 6.07) is 14.0. The SMILES string of the molecule is Cc1cccc2cccc(N3Cc4nc(OCC5CCCN5C)nc(Cl)c4C4(CC4)C3)c12. The van der Waals surface area contributed by atoms with Gasteiger partial charge in [-0.25, -0.2) is 0 Å². The molecule has 1 saturated carbocycles. The monoisotopic (exact) mass is 448 g/mol. The number of likely N-dealkylation sites (tertiary alicyclic amines) is 1. The summed E-state index contributed by atoms with van der Waals surface area (Å²) in [7, 11) is 2.16. The Bertz CT molecular complexity index is 1190. The third kappa shape index (κ3) is 3.34. The van der Waals surface area contributed by atoms with E-state index >= 15 is 0 Å². The number of halogens is 1. The minimum atomic E-state index is 0.0692. The van der Waals surface area contributed by atoms with Crippen LogP contribution in [0.25, 0.3) is 10.8 Å². The lowest BCUT2D eigenvalue weighted by molar-refractivity contribution is 0.187. The quantitative estimate of drug-likeness (QED) is 0.518. The number of benzene rings is 2. The van der Waals surface area contributed by atoms with Gasteiger partial charge in [-0.2, -0.15) is 9.97 Å². The van der Waals surface area contributed by atoms with Crippen LogP contribution < -0.4 is 9.64 Å². The summed E-state index contributed by atoms with van der Waals surface area (Å²) in [6.07, 6.45) is 4.65. The Labute approximate surface area is 194 Å². The van der Waals surface area contributed by atoms with Gasteiger partial charge >= 0.3 is 6.01 Å². The lowest BCUT2D eigenvalue weighted by atomic mass is 9.90. The molecule has 2 fully saturated rings. The topological polar surface area (TPSA) is 41.5 Å². The molecule has 6 heteroatoms. The van der Waals surface area contributed by atoms with E-state index in [1.807, 2.05) is 0 Å². The molecule has 3 aliphatic rings. The molecular formula is C26H29ClN4O. The average molecular weight is 449 g/mol. The summed E-state index contributed by atoms with van der Waals surface area (Å²) < 4.78 is 6.06. The molecule has 32 heavy (non-hydrogen) atoms. The van der Waals surface area contributed by atoms with E-state index in [-0.39, 0.29) is 5.41 Å². The summed E-state index contributed by atoms with van der Waals surface area (Å²) in [5, 5.41) is 3.19. The second-order valence-corrected chi connectivity index (χ2v) is 10.2. The number of hydrogen-bond donors (Lipinski definition) is 0. The first-order valence-electron chi connectivity index (χ1n) is 11.7. The van der Waals surface area contributed by atoms with Crippen molar-refractivity contribution in [3.63, 3.8) is 0 Å². The molecule has 166 valence electrons. The molecular weight excluding hydrogens is 420 g/mol. The lowest BCUT2D eigenvalue weighted by Crippen LogP contribution is -2.39. The van der Waals surface area contributed by atoms with Gasteiger partial charge in [-0.1, -0.05) is 41.9 Å². The fraction of sp³-hybridized carbons (Fsp3) is 0.462. The van der Waals surface area contributed by atoms with Crippen LogP contribution >= 0.6 is 11.6 Å². The molecule has 2 aromatic carbocycles. The minimum absolute atomic E-state index is 0.0692. The molecule has 2 aliphatic heterocycles. The Morgan fingerprint density at radius 3 is 2.72 bits per heavy atom. The Balaban J connectivity index is 1.35. The van der Waals surface area contributed by atoms with Crippen molar-refractivity contribution in [2.45, 2.75) is 50.6 Å². The zero-order valence-electron chi connectivity index (χ0n) is 18.8. The van der Waals surface area contributed by atoms with Gasteiger partial charge in [-0.05, 0) is 63.2 Å². The van der Waals surface area contributed by atoms with Crippen LogP contribution in [0.1, 0.15) is 42.5 Å². The van der Waals surface area contributed by atoms with Gasteiger partial charge in [0.2, 0.25) is 0 Å². The van der Waals surface area contributed by atoms with Crippen LogP contribution in [-0.4, -0.2) is 47.7 Å². The average Bonchev–Trinajstić information content (AvgIpc) is 3.41. The summed E-state index contributed by atoms with van der Waals surface area (Å²) in [5.41, 5.74) is 4.83. The summed E-state index contributed by atoms with van der Waals surface area (Å²) in [6.45, 7) is 5.63. The second-order valence-electron chi connectivity index (χ2n) is 9.79. The molecule has 0 amide bonds. The smallest absolute Gasteiger partial charge is 0.318 e. The number of aryl methyl sites for hydroxylation is 1. The fourth-order valence-electron chi connectivity index (χ4n) is 5.70. The van der Waals surface area contributed by atoms with Crippen LogP contribution in [0.5, 0.6) is 6.01 Å². The predicted octanol–water partition coefficient (Wildman–Crippen LogP) is 5.12. The zero-order valence-corrected chi connectivity index (χ0v) is 19.5. The van der Waals surface area contributed by atoms with Crippen molar-refractivity contribution in [2.75, 3.05) is 31.6 Å². The third-order valence-electron chi connectivity index (χ3n) is 7.65. The Morgan fingerprint density at radius 2 is 1.97 bits per heavy atom. The molecule has 1 saturated heterocycles. The van der Waals surface area contributed by atoms with E-state index in [0.29, 0.717) is 23.8 Å². The highest BCUT2D eigenvalue weighted by Crippen LogP contribution is 2.55. The second kappa shape index (κ2) is 7.60. The number of rotatable bonds is 4. The van der Waals surface area contributed by atoms with Crippen molar-refractivity contribution in [3.8, 4) is 6.01 Å². The van der Waals surface area contributed by atoms with Gasteiger partial charge in [0.1, 0.15) is 11.8 Å². The normalized spacial score (nSPS) is 21.8. The Hall–Kier alpha value is -2.37. The van der Waals surface area contributed by atoms with E-state index < -0.39 is 0 Å². The highest BCUT2D eigenvalue weighted by atomic mass is 35.5. The fourth-order valence-corrected chi connectivity index (χ4v) is 6.08. The van der Waals surface area contributed by atoms with Gasteiger partial charge < -0.3 is 14.5 Å². The van der Waals surface area contributed by atoms with Crippen LogP contribution in [0, 0.1) is 6.92 Å². The summed E-state index contributed by atoms with van der Waals surface area (Å²) >= 11 is 6.75. The van der Waals surface area contributed by atoms with Crippen LogP contribution in [-0.2, 0) is 12.0 Å². The first-order chi connectivity index (χ1) is 15.5. The molecule has 3 aromatic rings. The zero-order chi connectivity index (χ0) is 21.9. The Morgan fingerprint density at radius 1 is 1.16 bits per heavy atom. The van der Waals surface area contributed by atoms with Gasteiger partial charge in [0.15, 0.2) is 0 Å². The number of hydrogen-bond acceptors (Lipinski definition) is 5. The van der Waals surface area contributed by atoms with Crippen LogP contribution in [0.2, 0.25) is 5.15 Å². The lowest BCUT2D eigenvalue weighted by Gasteiger charge is -2.37. The van der Waals surface area contributed by atoms with E-state index in [9.17, 15) is 0 Å². The van der Waals surface area contributed by atoms with Crippen molar-refractivity contribution in [1.29, 1.82) is 0 Å². The highest BCUT2D eigenvalue weighted by Gasteiger charge is 2.52. The standard InChI is InChI=1S/C26H29ClN4O/c1-17-6-3-7-18-8-4-10-21(22(17)18)31-14-20-23(26(16-31)11-12-26)24(27)29-25(28-20)32-15-19-9-5-13-30(19)2/h3-4,6-8,10,19H,5,9,11-16H2,1-2H3. The van der Waals surface area contributed by atoms with Gasteiger partial charge in [0.25, 0.3) is 0 Å². The molecule has 3 heterocycles. The number of anilines is 1. The first-order valence-corrected chi connectivity index (χ1v) is 12.1. The predicted molar refractivity (Wildman–Crippen MR) is 129 cm³/mol. The van der Waals surface area contributed by atoms with Crippen molar-refractivity contribution in [3.05, 3.63) is 58.4 Å². The highest BCUT2D eigenvalue weighted by molar-refractivity contribution is 6.30. The molecule has 0 N–H and O–H groups in total. The Kier molecular flexibility index (Phi) is 4.81. The van der Waals surface area contributed by atoms with E-state index in [1.165, 1.54) is 28.4 Å². The molecule has 1 spiro atoms. The number of ether oxygens (including phenoxy) is 1. The van der Waals surface area contributed by atoms with Crippen molar-refractivity contribution >= 4 is 28.1 Å². The molecule has 5 nitrogen and oxygen atoms in total. The van der Waals surface area contributed by atoms with Gasteiger partial charge in [0.05, 0.1) is 12.2 Å². The largest absolute Gasteiger partial charge is 0.462 e. The number of nitrogens with zero attached hydrogens (tertiary/aromatic N) is 4. The van der Waals surface area contributed by atoms with Crippen molar-refractivity contribution in [1.82, 2.24) is 14.9 Å². The van der Waals surface area contributed by atoms with Crippen molar-refractivity contribution in [2.24, 2.45) is 0 Å². The van der Waals surface area contributed by atoms with Crippen LogP contribution in [0.3, 0.4) is 0 Å². The molecule has 1 aromatic heterocycles. The number of fused-ring (bicyclic) bond motifs is 3. The van der Waals surface area contributed by atoms with Gasteiger partial charge in [-0.15, -0.1) is 0 Å². The molecule has 1 unspecified atom stereocenters. The molecule has 0 radical (unpaired) electrons.